The summed E-state index contributed by atoms with van der Waals surface area (Å²) in [7, 11) is 3.51. The van der Waals surface area contributed by atoms with E-state index in [1.54, 1.807) is 0 Å². The molecular formula is C16H25N3O2. The van der Waals surface area contributed by atoms with Gasteiger partial charge in [-0.3, -0.25) is 4.90 Å². The van der Waals surface area contributed by atoms with Crippen LogP contribution in [-0.4, -0.2) is 62.7 Å². The van der Waals surface area contributed by atoms with Gasteiger partial charge in [0.1, 0.15) is 0 Å². The molecule has 0 spiro atoms. The highest BCUT2D eigenvalue weighted by Crippen LogP contribution is 2.22. The molecule has 0 aromatic heterocycles. The number of benzene rings is 1. The lowest BCUT2D eigenvalue weighted by Gasteiger charge is -2.33. The number of hydrogen-bond donors (Lipinski definition) is 1. The van der Waals surface area contributed by atoms with Crippen molar-refractivity contribution in [3.05, 3.63) is 35.9 Å². The fourth-order valence-corrected chi connectivity index (χ4v) is 2.80. The van der Waals surface area contributed by atoms with Gasteiger partial charge in [-0.05, 0) is 32.1 Å². The fraction of sp³-hybridized carbons (Fsp3) is 0.562. The van der Waals surface area contributed by atoms with Crippen molar-refractivity contribution in [1.82, 2.24) is 9.80 Å². The number of hydrogen-bond acceptors (Lipinski definition) is 5. The standard InChI is InChI=1S/C16H25N3O2/c1-18-9-6-10-19(12-11-18)13-16(17,15(20)21-2)14-7-4-3-5-8-14/h3-5,7-8H,6,9-13,17H2,1-2H3. The first kappa shape index (κ1) is 15.9. The third kappa shape index (κ3) is 3.81. The summed E-state index contributed by atoms with van der Waals surface area (Å²) in [6.45, 7) is 4.42. The minimum absolute atomic E-state index is 0.383. The zero-order chi connectivity index (χ0) is 15.3. The molecule has 1 fully saturated rings. The van der Waals surface area contributed by atoms with Gasteiger partial charge in [0.2, 0.25) is 0 Å². The van der Waals surface area contributed by atoms with Crippen molar-refractivity contribution in [3.63, 3.8) is 0 Å². The highest BCUT2D eigenvalue weighted by molar-refractivity contribution is 5.82. The minimum Gasteiger partial charge on any atom is -0.467 e. The van der Waals surface area contributed by atoms with Crippen LogP contribution in [0.1, 0.15) is 12.0 Å². The van der Waals surface area contributed by atoms with Crippen LogP contribution in [-0.2, 0) is 15.1 Å². The first-order valence-corrected chi connectivity index (χ1v) is 7.40. The van der Waals surface area contributed by atoms with Crippen LogP contribution in [0.4, 0.5) is 0 Å². The van der Waals surface area contributed by atoms with E-state index in [9.17, 15) is 4.79 Å². The fourth-order valence-electron chi connectivity index (χ4n) is 2.80. The number of methoxy groups -OCH3 is 1. The second kappa shape index (κ2) is 7.02. The molecule has 116 valence electrons. The van der Waals surface area contributed by atoms with Crippen molar-refractivity contribution in [2.45, 2.75) is 12.0 Å². The molecule has 0 bridgehead atoms. The van der Waals surface area contributed by atoms with E-state index in [0.717, 1.165) is 38.2 Å². The van der Waals surface area contributed by atoms with E-state index in [4.69, 9.17) is 10.5 Å². The number of likely N-dealkylation sites (N-methyl/N-ethyl adjacent to an activating group) is 1. The van der Waals surface area contributed by atoms with E-state index in [2.05, 4.69) is 16.8 Å². The molecular weight excluding hydrogens is 266 g/mol. The Labute approximate surface area is 126 Å². The summed E-state index contributed by atoms with van der Waals surface area (Å²) in [6, 6.07) is 9.50. The van der Waals surface area contributed by atoms with Gasteiger partial charge in [-0.25, -0.2) is 4.79 Å². The van der Waals surface area contributed by atoms with Crippen LogP contribution in [0.25, 0.3) is 0 Å². The Morgan fingerprint density at radius 2 is 1.95 bits per heavy atom. The van der Waals surface area contributed by atoms with Gasteiger partial charge in [0, 0.05) is 19.6 Å². The summed E-state index contributed by atoms with van der Waals surface area (Å²) in [4.78, 5) is 16.8. The number of ether oxygens (including phenoxy) is 1. The lowest BCUT2D eigenvalue weighted by atomic mass is 9.90. The molecule has 1 saturated heterocycles. The average molecular weight is 291 g/mol. The molecule has 1 unspecified atom stereocenters. The maximum Gasteiger partial charge on any atom is 0.331 e. The largest absolute Gasteiger partial charge is 0.467 e. The summed E-state index contributed by atoms with van der Waals surface area (Å²) >= 11 is 0. The maximum absolute atomic E-state index is 12.3. The molecule has 0 amide bonds. The monoisotopic (exact) mass is 291 g/mol. The summed E-state index contributed by atoms with van der Waals surface area (Å²) in [5.41, 5.74) is 6.15. The smallest absolute Gasteiger partial charge is 0.331 e. The van der Waals surface area contributed by atoms with Crippen molar-refractivity contribution in [2.75, 3.05) is 46.9 Å². The van der Waals surface area contributed by atoms with E-state index in [-0.39, 0.29) is 5.97 Å². The second-order valence-electron chi connectivity index (χ2n) is 5.76. The zero-order valence-corrected chi connectivity index (χ0v) is 12.9. The maximum atomic E-state index is 12.3. The van der Waals surface area contributed by atoms with Crippen LogP contribution < -0.4 is 5.73 Å². The van der Waals surface area contributed by atoms with Gasteiger partial charge in [-0.2, -0.15) is 0 Å². The molecule has 0 aliphatic carbocycles. The molecule has 5 heteroatoms. The quantitative estimate of drug-likeness (QED) is 0.826. The van der Waals surface area contributed by atoms with Crippen LogP contribution in [0.5, 0.6) is 0 Å². The van der Waals surface area contributed by atoms with Gasteiger partial charge in [0.15, 0.2) is 5.54 Å². The molecule has 0 saturated carbocycles. The van der Waals surface area contributed by atoms with E-state index in [0.29, 0.717) is 6.54 Å². The van der Waals surface area contributed by atoms with Crippen molar-refractivity contribution < 1.29 is 9.53 Å². The van der Waals surface area contributed by atoms with Crippen molar-refractivity contribution in [2.24, 2.45) is 5.73 Å². The SMILES string of the molecule is COC(=O)C(N)(CN1CCCN(C)CC1)c1ccccc1. The lowest BCUT2D eigenvalue weighted by Crippen LogP contribution is -2.54. The van der Waals surface area contributed by atoms with Crippen LogP contribution in [0.15, 0.2) is 30.3 Å². The Kier molecular flexibility index (Phi) is 5.33. The number of carbonyl (C=O) groups excluding carboxylic acids is 1. The number of esters is 1. The summed E-state index contributed by atoms with van der Waals surface area (Å²) < 4.78 is 4.96. The molecule has 2 rings (SSSR count). The molecule has 5 nitrogen and oxygen atoms in total. The summed E-state index contributed by atoms with van der Waals surface area (Å²) in [5.74, 6) is -0.383. The Bertz CT molecular complexity index is 466. The first-order chi connectivity index (χ1) is 10.1. The van der Waals surface area contributed by atoms with Crippen LogP contribution in [0.2, 0.25) is 0 Å². The van der Waals surface area contributed by atoms with E-state index >= 15 is 0 Å². The normalized spacial score (nSPS) is 20.5. The van der Waals surface area contributed by atoms with E-state index < -0.39 is 5.54 Å². The van der Waals surface area contributed by atoms with Gasteiger partial charge >= 0.3 is 5.97 Å². The Balaban J connectivity index is 2.19. The van der Waals surface area contributed by atoms with Gasteiger partial charge in [-0.1, -0.05) is 30.3 Å². The molecule has 1 aliphatic rings. The Morgan fingerprint density at radius 3 is 2.62 bits per heavy atom. The molecule has 21 heavy (non-hydrogen) atoms. The van der Waals surface area contributed by atoms with Gasteiger partial charge in [-0.15, -0.1) is 0 Å². The molecule has 1 aliphatic heterocycles. The van der Waals surface area contributed by atoms with Crippen LogP contribution >= 0.6 is 0 Å². The Hall–Kier alpha value is -1.43. The van der Waals surface area contributed by atoms with Crippen LogP contribution in [0.3, 0.4) is 0 Å². The highest BCUT2D eigenvalue weighted by Gasteiger charge is 2.39. The van der Waals surface area contributed by atoms with Crippen molar-refractivity contribution in [3.8, 4) is 0 Å². The predicted molar refractivity (Wildman–Crippen MR) is 82.9 cm³/mol. The lowest BCUT2D eigenvalue weighted by molar-refractivity contribution is -0.148. The summed E-state index contributed by atoms with van der Waals surface area (Å²) in [5, 5.41) is 0. The van der Waals surface area contributed by atoms with Crippen molar-refractivity contribution in [1.29, 1.82) is 0 Å². The van der Waals surface area contributed by atoms with Gasteiger partial charge < -0.3 is 15.4 Å². The van der Waals surface area contributed by atoms with Crippen molar-refractivity contribution >= 4 is 5.97 Å². The number of nitrogens with zero attached hydrogens (tertiary/aromatic N) is 2. The average Bonchev–Trinajstić information content (AvgIpc) is 2.71. The highest BCUT2D eigenvalue weighted by atomic mass is 16.5. The molecule has 2 N–H and O–H groups in total. The third-order valence-electron chi connectivity index (χ3n) is 4.12. The molecule has 1 heterocycles. The van der Waals surface area contributed by atoms with Gasteiger partial charge in [0.25, 0.3) is 0 Å². The predicted octanol–water partition coefficient (Wildman–Crippen LogP) is 0.651. The van der Waals surface area contributed by atoms with Crippen LogP contribution in [0, 0.1) is 0 Å². The zero-order valence-electron chi connectivity index (χ0n) is 12.9. The molecule has 1 atom stereocenters. The van der Waals surface area contributed by atoms with Gasteiger partial charge in [0.05, 0.1) is 7.11 Å². The molecule has 1 aromatic rings. The minimum atomic E-state index is -1.11. The number of rotatable bonds is 4. The molecule has 1 aromatic carbocycles. The topological polar surface area (TPSA) is 58.8 Å². The second-order valence-corrected chi connectivity index (χ2v) is 5.76. The number of nitrogens with two attached hydrogens (primary N) is 1. The summed E-state index contributed by atoms with van der Waals surface area (Å²) in [6.07, 6.45) is 1.09. The molecule has 0 radical (unpaired) electrons. The van der Waals surface area contributed by atoms with E-state index in [1.807, 2.05) is 30.3 Å². The first-order valence-electron chi connectivity index (χ1n) is 7.40. The third-order valence-corrected chi connectivity index (χ3v) is 4.12. The number of carbonyl (C=O) groups is 1. The Morgan fingerprint density at radius 1 is 1.24 bits per heavy atom. The van der Waals surface area contributed by atoms with E-state index in [1.165, 1.54) is 7.11 Å².